The zero-order valence-corrected chi connectivity index (χ0v) is 19.4. The first-order valence-electron chi connectivity index (χ1n) is 10.4. The Bertz CT molecular complexity index is 1070. The van der Waals surface area contributed by atoms with Crippen LogP contribution in [0, 0.1) is 0 Å². The normalized spacial score (nSPS) is 11.6. The third-order valence-corrected chi connectivity index (χ3v) is 5.77. The number of amides is 1. The van der Waals surface area contributed by atoms with Gasteiger partial charge in [0.05, 0.1) is 12.9 Å². The van der Waals surface area contributed by atoms with Crippen LogP contribution in [0.25, 0.3) is 0 Å². The van der Waals surface area contributed by atoms with Gasteiger partial charge >= 0.3 is 0 Å². The van der Waals surface area contributed by atoms with Crippen LogP contribution < -0.4 is 14.8 Å². The third-order valence-electron chi connectivity index (χ3n) is 4.80. The maximum absolute atomic E-state index is 12.5. The summed E-state index contributed by atoms with van der Waals surface area (Å²) in [6.07, 6.45) is 2.24. The second-order valence-electron chi connectivity index (χ2n) is 7.00. The molecule has 1 atom stereocenters. The maximum atomic E-state index is 12.5. The van der Waals surface area contributed by atoms with Gasteiger partial charge in [0, 0.05) is 12.2 Å². The SMILES string of the molecule is C=CCn1c(SCC(=O)Nc2ccccc2CC)nnc1C(C)Oc1ccccc1OC. The Labute approximate surface area is 192 Å². The van der Waals surface area contributed by atoms with Gasteiger partial charge in [0.2, 0.25) is 5.91 Å². The molecule has 1 aromatic heterocycles. The van der Waals surface area contributed by atoms with E-state index in [0.717, 1.165) is 17.7 Å². The van der Waals surface area contributed by atoms with Crippen LogP contribution in [0.15, 0.2) is 66.3 Å². The van der Waals surface area contributed by atoms with E-state index in [-0.39, 0.29) is 17.8 Å². The topological polar surface area (TPSA) is 78.3 Å². The molecule has 8 heteroatoms. The predicted molar refractivity (Wildman–Crippen MR) is 127 cm³/mol. The number of carbonyl (C=O) groups is 1. The van der Waals surface area contributed by atoms with Gasteiger partial charge in [-0.3, -0.25) is 9.36 Å². The van der Waals surface area contributed by atoms with Gasteiger partial charge in [-0.15, -0.1) is 16.8 Å². The molecule has 0 saturated heterocycles. The van der Waals surface area contributed by atoms with Crippen molar-refractivity contribution in [2.24, 2.45) is 0 Å². The molecule has 0 spiro atoms. The molecule has 7 nitrogen and oxygen atoms in total. The van der Waals surface area contributed by atoms with E-state index < -0.39 is 0 Å². The molecular formula is C24H28N4O3S. The molecule has 168 valence electrons. The van der Waals surface area contributed by atoms with Gasteiger partial charge in [-0.2, -0.15) is 0 Å². The second-order valence-corrected chi connectivity index (χ2v) is 7.94. The van der Waals surface area contributed by atoms with E-state index in [1.807, 2.05) is 60.0 Å². The molecule has 0 aliphatic heterocycles. The van der Waals surface area contributed by atoms with E-state index in [2.05, 4.69) is 29.0 Å². The highest BCUT2D eigenvalue weighted by molar-refractivity contribution is 7.99. The van der Waals surface area contributed by atoms with Crippen LogP contribution in [-0.2, 0) is 17.8 Å². The standard InChI is InChI=1S/C24H28N4O3S/c1-5-15-28-23(17(3)31-21-14-10-9-13-20(21)30-4)26-27-24(28)32-16-22(29)25-19-12-8-7-11-18(19)6-2/h5,7-14,17H,1,6,15-16H2,2-4H3,(H,25,29). The van der Waals surface area contributed by atoms with Crippen molar-refractivity contribution in [2.45, 2.75) is 38.1 Å². The maximum Gasteiger partial charge on any atom is 0.234 e. The Hall–Kier alpha value is -3.26. The lowest BCUT2D eigenvalue weighted by atomic mass is 10.1. The van der Waals surface area contributed by atoms with E-state index in [4.69, 9.17) is 9.47 Å². The number of aromatic nitrogens is 3. The van der Waals surface area contributed by atoms with Gasteiger partial charge in [-0.1, -0.05) is 55.1 Å². The fourth-order valence-electron chi connectivity index (χ4n) is 3.23. The van der Waals surface area contributed by atoms with Gasteiger partial charge in [0.15, 0.2) is 28.6 Å². The van der Waals surface area contributed by atoms with E-state index in [1.165, 1.54) is 11.8 Å². The summed E-state index contributed by atoms with van der Waals surface area (Å²) in [5.41, 5.74) is 1.94. The molecule has 1 heterocycles. The van der Waals surface area contributed by atoms with Crippen LogP contribution in [0.1, 0.15) is 31.3 Å². The Morgan fingerprint density at radius 2 is 1.91 bits per heavy atom. The van der Waals surface area contributed by atoms with E-state index in [1.54, 1.807) is 13.2 Å². The fourth-order valence-corrected chi connectivity index (χ4v) is 3.99. The van der Waals surface area contributed by atoms with Crippen LogP contribution in [0.2, 0.25) is 0 Å². The van der Waals surface area contributed by atoms with Gasteiger partial charge < -0.3 is 14.8 Å². The molecule has 0 saturated carbocycles. The highest BCUT2D eigenvalue weighted by Crippen LogP contribution is 2.31. The zero-order chi connectivity index (χ0) is 22.9. The average molecular weight is 453 g/mol. The Kier molecular flexibility index (Phi) is 8.33. The van der Waals surface area contributed by atoms with E-state index in [9.17, 15) is 4.79 Å². The lowest BCUT2D eigenvalue weighted by Gasteiger charge is -2.17. The molecule has 0 radical (unpaired) electrons. The number of ether oxygens (including phenoxy) is 2. The highest BCUT2D eigenvalue weighted by Gasteiger charge is 2.21. The molecule has 2 aromatic carbocycles. The van der Waals surface area contributed by atoms with Crippen molar-refractivity contribution in [3.05, 3.63) is 72.6 Å². The molecule has 0 aliphatic rings. The monoisotopic (exact) mass is 452 g/mol. The number of rotatable bonds is 11. The van der Waals surface area contributed by atoms with E-state index in [0.29, 0.717) is 29.0 Å². The minimum atomic E-state index is -0.377. The number of anilines is 1. The molecule has 1 N–H and O–H groups in total. The Morgan fingerprint density at radius 1 is 1.19 bits per heavy atom. The van der Waals surface area contributed by atoms with Crippen LogP contribution in [0.5, 0.6) is 11.5 Å². The number of para-hydroxylation sites is 3. The molecule has 0 bridgehead atoms. The van der Waals surface area contributed by atoms with Crippen molar-refractivity contribution < 1.29 is 14.3 Å². The molecule has 3 rings (SSSR count). The van der Waals surface area contributed by atoms with Crippen molar-refractivity contribution in [3.63, 3.8) is 0 Å². The molecule has 0 fully saturated rings. The average Bonchev–Trinajstić information content (AvgIpc) is 3.21. The molecular weight excluding hydrogens is 424 g/mol. The fraction of sp³-hybridized carbons (Fsp3) is 0.292. The number of nitrogens with one attached hydrogen (secondary N) is 1. The number of benzene rings is 2. The number of carbonyl (C=O) groups excluding carboxylic acids is 1. The summed E-state index contributed by atoms with van der Waals surface area (Å²) in [5.74, 6) is 2.04. The number of thioether (sulfide) groups is 1. The number of hydrogen-bond acceptors (Lipinski definition) is 6. The predicted octanol–water partition coefficient (Wildman–Crippen LogP) is 4.91. The van der Waals surface area contributed by atoms with Crippen LogP contribution >= 0.6 is 11.8 Å². The van der Waals surface area contributed by atoms with Crippen molar-refractivity contribution in [3.8, 4) is 11.5 Å². The Balaban J connectivity index is 1.70. The minimum Gasteiger partial charge on any atom is -0.493 e. The van der Waals surface area contributed by atoms with Gasteiger partial charge in [0.25, 0.3) is 0 Å². The lowest BCUT2D eigenvalue weighted by Crippen LogP contribution is -2.16. The quantitative estimate of drug-likeness (QED) is 0.329. The molecule has 1 unspecified atom stereocenters. The second kappa shape index (κ2) is 11.4. The summed E-state index contributed by atoms with van der Waals surface area (Å²) in [6.45, 7) is 8.30. The summed E-state index contributed by atoms with van der Waals surface area (Å²) in [7, 11) is 1.60. The lowest BCUT2D eigenvalue weighted by molar-refractivity contribution is -0.113. The molecule has 0 aliphatic carbocycles. The van der Waals surface area contributed by atoms with Gasteiger partial charge in [-0.25, -0.2) is 0 Å². The van der Waals surface area contributed by atoms with Crippen molar-refractivity contribution in [2.75, 3.05) is 18.2 Å². The number of aryl methyl sites for hydroxylation is 1. The summed E-state index contributed by atoms with van der Waals surface area (Å²) in [4.78, 5) is 12.5. The number of allylic oxidation sites excluding steroid dienone is 1. The first kappa shape index (κ1) is 23.4. The summed E-state index contributed by atoms with van der Waals surface area (Å²) in [5, 5.41) is 12.2. The third kappa shape index (κ3) is 5.70. The summed E-state index contributed by atoms with van der Waals surface area (Å²) < 4.78 is 13.4. The minimum absolute atomic E-state index is 0.0936. The summed E-state index contributed by atoms with van der Waals surface area (Å²) in [6, 6.07) is 15.3. The van der Waals surface area contributed by atoms with Crippen LogP contribution in [-0.4, -0.2) is 33.5 Å². The summed E-state index contributed by atoms with van der Waals surface area (Å²) >= 11 is 1.33. The zero-order valence-electron chi connectivity index (χ0n) is 18.6. The Morgan fingerprint density at radius 3 is 2.62 bits per heavy atom. The molecule has 1 amide bonds. The number of methoxy groups -OCH3 is 1. The number of nitrogens with zero attached hydrogens (tertiary/aromatic N) is 3. The van der Waals surface area contributed by atoms with Crippen molar-refractivity contribution in [1.29, 1.82) is 0 Å². The van der Waals surface area contributed by atoms with Crippen LogP contribution in [0.4, 0.5) is 5.69 Å². The highest BCUT2D eigenvalue weighted by atomic mass is 32.2. The molecule has 3 aromatic rings. The van der Waals surface area contributed by atoms with Crippen molar-refractivity contribution in [1.82, 2.24) is 14.8 Å². The van der Waals surface area contributed by atoms with Gasteiger partial charge in [0.1, 0.15) is 0 Å². The first-order chi connectivity index (χ1) is 15.6. The first-order valence-corrected chi connectivity index (χ1v) is 11.4. The van der Waals surface area contributed by atoms with E-state index >= 15 is 0 Å². The largest absolute Gasteiger partial charge is 0.493 e. The number of hydrogen-bond donors (Lipinski definition) is 1. The van der Waals surface area contributed by atoms with Crippen molar-refractivity contribution >= 4 is 23.4 Å². The smallest absolute Gasteiger partial charge is 0.234 e. The molecule has 32 heavy (non-hydrogen) atoms. The van der Waals surface area contributed by atoms with Gasteiger partial charge in [-0.05, 0) is 37.1 Å². The van der Waals surface area contributed by atoms with Crippen LogP contribution in [0.3, 0.4) is 0 Å².